The highest BCUT2D eigenvalue weighted by atomic mass is 16.5. The van der Waals surface area contributed by atoms with Gasteiger partial charge in [0.05, 0.1) is 0 Å². The molecule has 0 fully saturated rings. The summed E-state index contributed by atoms with van der Waals surface area (Å²) in [6, 6.07) is 13.8. The predicted octanol–water partition coefficient (Wildman–Crippen LogP) is 2.34. The zero-order chi connectivity index (χ0) is 13.4. The van der Waals surface area contributed by atoms with E-state index in [4.69, 9.17) is 10.5 Å². The fourth-order valence-corrected chi connectivity index (χ4v) is 2.48. The molecule has 1 aliphatic heterocycles. The standard InChI is InChI=1S/C15H13NO3/c16-14(15(17)18)13-9-5-1-3-7-11(9)19-12-8-4-2-6-10(12)13/h1-8,13-14H,16H2,(H,17,18)/t14-/m0/s1. The summed E-state index contributed by atoms with van der Waals surface area (Å²) in [5, 5.41) is 9.22. The summed E-state index contributed by atoms with van der Waals surface area (Å²) < 4.78 is 5.79. The Balaban J connectivity index is 2.19. The molecule has 0 bridgehead atoms. The second-order valence-electron chi connectivity index (χ2n) is 4.52. The van der Waals surface area contributed by atoms with Crippen molar-refractivity contribution in [1.29, 1.82) is 0 Å². The molecule has 4 nitrogen and oxygen atoms in total. The van der Waals surface area contributed by atoms with E-state index in [0.717, 1.165) is 11.1 Å². The lowest BCUT2D eigenvalue weighted by molar-refractivity contribution is -0.138. The Hall–Kier alpha value is -2.33. The lowest BCUT2D eigenvalue weighted by atomic mass is 9.83. The Labute approximate surface area is 110 Å². The van der Waals surface area contributed by atoms with Crippen molar-refractivity contribution in [3.8, 4) is 11.5 Å². The minimum Gasteiger partial charge on any atom is -0.480 e. The molecule has 0 spiro atoms. The fourth-order valence-electron chi connectivity index (χ4n) is 2.48. The normalized spacial score (nSPS) is 15.0. The van der Waals surface area contributed by atoms with Gasteiger partial charge >= 0.3 is 5.97 Å². The van der Waals surface area contributed by atoms with Gasteiger partial charge in [-0.2, -0.15) is 0 Å². The number of hydrogen-bond donors (Lipinski definition) is 2. The Bertz CT molecular complexity index is 593. The average Bonchev–Trinajstić information content (AvgIpc) is 2.43. The quantitative estimate of drug-likeness (QED) is 0.863. The van der Waals surface area contributed by atoms with Crippen LogP contribution in [0.15, 0.2) is 48.5 Å². The Morgan fingerprint density at radius 3 is 2.00 bits per heavy atom. The molecule has 19 heavy (non-hydrogen) atoms. The third-order valence-corrected chi connectivity index (χ3v) is 3.37. The molecular formula is C15H13NO3. The summed E-state index contributed by atoms with van der Waals surface area (Å²) in [7, 11) is 0. The van der Waals surface area contributed by atoms with Crippen LogP contribution < -0.4 is 10.5 Å². The summed E-state index contributed by atoms with van der Waals surface area (Å²) in [5.41, 5.74) is 7.50. The predicted molar refractivity (Wildman–Crippen MR) is 70.4 cm³/mol. The SMILES string of the molecule is N[C@H](C(=O)O)C1c2ccccc2Oc2ccccc21. The number of carbonyl (C=O) groups is 1. The van der Waals surface area contributed by atoms with E-state index in [1.165, 1.54) is 0 Å². The first kappa shape index (κ1) is 11.7. The van der Waals surface area contributed by atoms with Crippen molar-refractivity contribution >= 4 is 5.97 Å². The van der Waals surface area contributed by atoms with E-state index in [0.29, 0.717) is 11.5 Å². The number of fused-ring (bicyclic) bond motifs is 2. The van der Waals surface area contributed by atoms with Crippen LogP contribution in [0.5, 0.6) is 11.5 Å². The third-order valence-electron chi connectivity index (χ3n) is 3.37. The Kier molecular flexibility index (Phi) is 2.72. The minimum atomic E-state index is -1.02. The van der Waals surface area contributed by atoms with E-state index >= 15 is 0 Å². The molecule has 2 aromatic rings. The highest BCUT2D eigenvalue weighted by Gasteiger charge is 2.34. The molecule has 0 aliphatic carbocycles. The number of carboxylic acid groups (broad SMARTS) is 1. The zero-order valence-electron chi connectivity index (χ0n) is 10.1. The molecule has 0 unspecified atom stereocenters. The van der Waals surface area contributed by atoms with E-state index in [1.54, 1.807) is 0 Å². The molecule has 0 saturated carbocycles. The van der Waals surface area contributed by atoms with Gasteiger partial charge in [0.2, 0.25) is 0 Å². The monoisotopic (exact) mass is 255 g/mol. The van der Waals surface area contributed by atoms with Gasteiger partial charge in [-0.1, -0.05) is 36.4 Å². The van der Waals surface area contributed by atoms with Gasteiger partial charge in [0.25, 0.3) is 0 Å². The molecular weight excluding hydrogens is 242 g/mol. The summed E-state index contributed by atoms with van der Waals surface area (Å²) in [6.07, 6.45) is 0. The fraction of sp³-hybridized carbons (Fsp3) is 0.133. The van der Waals surface area contributed by atoms with E-state index < -0.39 is 17.9 Å². The molecule has 3 N–H and O–H groups in total. The number of nitrogens with two attached hydrogens (primary N) is 1. The highest BCUT2D eigenvalue weighted by molar-refractivity contribution is 5.77. The average molecular weight is 255 g/mol. The Morgan fingerprint density at radius 1 is 1.05 bits per heavy atom. The van der Waals surface area contributed by atoms with Crippen molar-refractivity contribution in [2.24, 2.45) is 5.73 Å². The first-order valence-electron chi connectivity index (χ1n) is 6.02. The molecule has 96 valence electrons. The van der Waals surface area contributed by atoms with E-state index in [-0.39, 0.29) is 0 Å². The first-order chi connectivity index (χ1) is 9.18. The topological polar surface area (TPSA) is 72.6 Å². The van der Waals surface area contributed by atoms with Crippen molar-refractivity contribution in [3.63, 3.8) is 0 Å². The maximum Gasteiger partial charge on any atom is 0.321 e. The first-order valence-corrected chi connectivity index (χ1v) is 6.02. The zero-order valence-corrected chi connectivity index (χ0v) is 10.1. The summed E-state index contributed by atoms with van der Waals surface area (Å²) in [6.45, 7) is 0. The number of rotatable bonds is 2. The molecule has 4 heteroatoms. The van der Waals surface area contributed by atoms with Gasteiger partial charge in [0.1, 0.15) is 17.5 Å². The molecule has 0 radical (unpaired) electrons. The molecule has 0 amide bonds. The van der Waals surface area contributed by atoms with Crippen LogP contribution in [0.1, 0.15) is 17.0 Å². The molecule has 0 saturated heterocycles. The molecule has 1 atom stereocenters. The van der Waals surface area contributed by atoms with Crippen molar-refractivity contribution in [3.05, 3.63) is 59.7 Å². The van der Waals surface area contributed by atoms with Gasteiger partial charge in [0, 0.05) is 17.0 Å². The van der Waals surface area contributed by atoms with E-state index in [1.807, 2.05) is 48.5 Å². The number of benzene rings is 2. The van der Waals surface area contributed by atoms with Crippen molar-refractivity contribution < 1.29 is 14.6 Å². The van der Waals surface area contributed by atoms with E-state index in [9.17, 15) is 9.90 Å². The lowest BCUT2D eigenvalue weighted by Crippen LogP contribution is -2.38. The van der Waals surface area contributed by atoms with Gasteiger partial charge in [-0.05, 0) is 12.1 Å². The smallest absolute Gasteiger partial charge is 0.321 e. The van der Waals surface area contributed by atoms with Crippen LogP contribution in [0.3, 0.4) is 0 Å². The lowest BCUT2D eigenvalue weighted by Gasteiger charge is -2.30. The maximum atomic E-state index is 11.3. The molecule has 0 aromatic heterocycles. The van der Waals surface area contributed by atoms with Crippen LogP contribution >= 0.6 is 0 Å². The van der Waals surface area contributed by atoms with Crippen LogP contribution in [-0.4, -0.2) is 17.1 Å². The number of hydrogen-bond acceptors (Lipinski definition) is 3. The molecule has 2 aromatic carbocycles. The molecule has 1 aliphatic rings. The van der Waals surface area contributed by atoms with Crippen LogP contribution in [0.2, 0.25) is 0 Å². The maximum absolute atomic E-state index is 11.3. The summed E-state index contributed by atoms with van der Waals surface area (Å²) in [5.74, 6) is -0.0686. The third kappa shape index (κ3) is 1.86. The van der Waals surface area contributed by atoms with Crippen molar-refractivity contribution in [1.82, 2.24) is 0 Å². The van der Waals surface area contributed by atoms with Gasteiger partial charge in [0.15, 0.2) is 0 Å². The number of ether oxygens (including phenoxy) is 1. The van der Waals surface area contributed by atoms with Crippen molar-refractivity contribution in [2.75, 3.05) is 0 Å². The van der Waals surface area contributed by atoms with Gasteiger partial charge in [-0.3, -0.25) is 4.79 Å². The van der Waals surface area contributed by atoms with Crippen LogP contribution in [0, 0.1) is 0 Å². The van der Waals surface area contributed by atoms with Gasteiger partial charge in [-0.25, -0.2) is 0 Å². The van der Waals surface area contributed by atoms with Crippen LogP contribution in [-0.2, 0) is 4.79 Å². The highest BCUT2D eigenvalue weighted by Crippen LogP contribution is 2.44. The van der Waals surface area contributed by atoms with Gasteiger partial charge in [-0.15, -0.1) is 0 Å². The van der Waals surface area contributed by atoms with E-state index in [2.05, 4.69) is 0 Å². The number of para-hydroxylation sites is 2. The number of aliphatic carboxylic acids is 1. The molecule has 3 rings (SSSR count). The second kappa shape index (κ2) is 4.40. The second-order valence-corrected chi connectivity index (χ2v) is 4.52. The summed E-state index contributed by atoms with van der Waals surface area (Å²) >= 11 is 0. The number of carboxylic acids is 1. The summed E-state index contributed by atoms with van der Waals surface area (Å²) in [4.78, 5) is 11.3. The molecule has 1 heterocycles. The van der Waals surface area contributed by atoms with Crippen LogP contribution in [0.4, 0.5) is 0 Å². The Morgan fingerprint density at radius 2 is 1.53 bits per heavy atom. The van der Waals surface area contributed by atoms with Crippen molar-refractivity contribution in [2.45, 2.75) is 12.0 Å². The van der Waals surface area contributed by atoms with Gasteiger partial charge < -0.3 is 15.6 Å². The largest absolute Gasteiger partial charge is 0.480 e. The van der Waals surface area contributed by atoms with Crippen LogP contribution in [0.25, 0.3) is 0 Å². The minimum absolute atomic E-state index is 0.390.